The lowest BCUT2D eigenvalue weighted by atomic mass is 10.2. The molecule has 0 aliphatic rings. The highest BCUT2D eigenvalue weighted by molar-refractivity contribution is 7.17. The van der Waals surface area contributed by atoms with Gasteiger partial charge in [-0.1, -0.05) is 18.2 Å². The average Bonchev–Trinajstić information content (AvgIpc) is 2.95. The van der Waals surface area contributed by atoms with Crippen LogP contribution in [0.4, 0.5) is 0 Å². The Morgan fingerprint density at radius 3 is 2.71 bits per heavy atom. The molecule has 3 heteroatoms. The minimum absolute atomic E-state index is 0.769. The second-order valence-electron chi connectivity index (χ2n) is 3.97. The van der Waals surface area contributed by atoms with E-state index in [9.17, 15) is 4.79 Å². The number of thiophene rings is 1. The predicted octanol–water partition coefficient (Wildman–Crippen LogP) is 3.72. The van der Waals surface area contributed by atoms with Gasteiger partial charge in [0, 0.05) is 18.0 Å². The van der Waals surface area contributed by atoms with Crippen LogP contribution in [0.25, 0.3) is 21.5 Å². The fourth-order valence-electron chi connectivity index (χ4n) is 2.08. The number of aryl methyl sites for hydroxylation is 1. The summed E-state index contributed by atoms with van der Waals surface area (Å²) in [6.07, 6.45) is 0.900. The SMILES string of the molecule is Cn1c(-c2ccc(C=O)s2)cc2ccccc21. The van der Waals surface area contributed by atoms with E-state index in [0.717, 1.165) is 21.7 Å². The summed E-state index contributed by atoms with van der Waals surface area (Å²) in [7, 11) is 2.05. The molecule has 3 rings (SSSR count). The molecule has 0 saturated carbocycles. The molecule has 0 aliphatic carbocycles. The molecule has 0 bridgehead atoms. The van der Waals surface area contributed by atoms with E-state index >= 15 is 0 Å². The van der Waals surface area contributed by atoms with Gasteiger partial charge in [-0.25, -0.2) is 0 Å². The van der Waals surface area contributed by atoms with Crippen LogP contribution in [0.3, 0.4) is 0 Å². The number of aldehydes is 1. The van der Waals surface area contributed by atoms with Gasteiger partial charge in [-0.05, 0) is 24.3 Å². The van der Waals surface area contributed by atoms with E-state index in [1.807, 2.05) is 24.3 Å². The van der Waals surface area contributed by atoms with Crippen molar-refractivity contribution in [2.45, 2.75) is 0 Å². The molecule has 2 nitrogen and oxygen atoms in total. The van der Waals surface area contributed by atoms with Gasteiger partial charge in [0.2, 0.25) is 0 Å². The van der Waals surface area contributed by atoms with Gasteiger partial charge < -0.3 is 4.57 Å². The van der Waals surface area contributed by atoms with Gasteiger partial charge in [-0.15, -0.1) is 11.3 Å². The number of fused-ring (bicyclic) bond motifs is 1. The minimum Gasteiger partial charge on any atom is -0.343 e. The molecule has 0 N–H and O–H groups in total. The number of aromatic nitrogens is 1. The van der Waals surface area contributed by atoms with Crippen LogP contribution in [0.1, 0.15) is 9.67 Å². The van der Waals surface area contributed by atoms with E-state index in [1.165, 1.54) is 22.2 Å². The molecule has 0 radical (unpaired) electrons. The van der Waals surface area contributed by atoms with Gasteiger partial charge in [-0.3, -0.25) is 4.79 Å². The lowest BCUT2D eigenvalue weighted by Gasteiger charge is -2.00. The highest BCUT2D eigenvalue weighted by Gasteiger charge is 2.09. The van der Waals surface area contributed by atoms with Crippen LogP contribution in [-0.2, 0) is 7.05 Å². The molecule has 0 amide bonds. The fraction of sp³-hybridized carbons (Fsp3) is 0.0714. The Morgan fingerprint density at radius 2 is 2.00 bits per heavy atom. The first-order valence-corrected chi connectivity index (χ1v) is 6.21. The van der Waals surface area contributed by atoms with E-state index in [1.54, 1.807) is 0 Å². The van der Waals surface area contributed by atoms with E-state index in [0.29, 0.717) is 0 Å². The smallest absolute Gasteiger partial charge is 0.160 e. The summed E-state index contributed by atoms with van der Waals surface area (Å²) in [6, 6.07) is 14.3. The summed E-state index contributed by atoms with van der Waals surface area (Å²) >= 11 is 1.53. The number of carbonyl (C=O) groups excluding carboxylic acids is 1. The van der Waals surface area contributed by atoms with Gasteiger partial charge in [0.25, 0.3) is 0 Å². The maximum atomic E-state index is 10.7. The van der Waals surface area contributed by atoms with Crippen LogP contribution in [0.5, 0.6) is 0 Å². The second-order valence-corrected chi connectivity index (χ2v) is 5.08. The molecule has 17 heavy (non-hydrogen) atoms. The van der Waals surface area contributed by atoms with Gasteiger partial charge >= 0.3 is 0 Å². The van der Waals surface area contributed by atoms with Crippen LogP contribution < -0.4 is 0 Å². The van der Waals surface area contributed by atoms with Gasteiger partial charge in [0.05, 0.1) is 15.4 Å². The summed E-state index contributed by atoms with van der Waals surface area (Å²) in [5.74, 6) is 0. The standard InChI is InChI=1S/C14H11NOS/c1-15-12-5-3-2-4-10(12)8-13(15)14-7-6-11(9-16)17-14/h2-9H,1H3. The Balaban J connectivity index is 2.23. The van der Waals surface area contributed by atoms with Gasteiger partial charge in [0.15, 0.2) is 6.29 Å². The van der Waals surface area contributed by atoms with Gasteiger partial charge in [-0.2, -0.15) is 0 Å². The zero-order valence-electron chi connectivity index (χ0n) is 9.38. The van der Waals surface area contributed by atoms with Crippen molar-refractivity contribution in [2.24, 2.45) is 7.05 Å². The third kappa shape index (κ3) is 1.59. The van der Waals surface area contributed by atoms with Crippen molar-refractivity contribution < 1.29 is 4.79 Å². The normalized spacial score (nSPS) is 10.9. The Hall–Kier alpha value is -1.87. The maximum absolute atomic E-state index is 10.7. The zero-order chi connectivity index (χ0) is 11.8. The number of carbonyl (C=O) groups is 1. The molecule has 0 unspecified atom stereocenters. The van der Waals surface area contributed by atoms with E-state index in [-0.39, 0.29) is 0 Å². The number of hydrogen-bond acceptors (Lipinski definition) is 2. The highest BCUT2D eigenvalue weighted by atomic mass is 32.1. The van der Waals surface area contributed by atoms with E-state index in [2.05, 4.69) is 29.8 Å². The van der Waals surface area contributed by atoms with Crippen molar-refractivity contribution in [3.8, 4) is 10.6 Å². The minimum atomic E-state index is 0.769. The third-order valence-corrected chi connectivity index (χ3v) is 3.98. The molecule has 0 aliphatic heterocycles. The first-order chi connectivity index (χ1) is 8.29. The fourth-order valence-corrected chi connectivity index (χ4v) is 2.95. The van der Waals surface area contributed by atoms with Crippen LogP contribution in [0.2, 0.25) is 0 Å². The summed E-state index contributed by atoms with van der Waals surface area (Å²) in [6.45, 7) is 0. The molecular weight excluding hydrogens is 230 g/mol. The summed E-state index contributed by atoms with van der Waals surface area (Å²) < 4.78 is 2.16. The lowest BCUT2D eigenvalue weighted by Crippen LogP contribution is -1.88. The van der Waals surface area contributed by atoms with Crippen LogP contribution in [-0.4, -0.2) is 10.9 Å². The first kappa shape index (κ1) is 10.3. The number of benzene rings is 1. The quantitative estimate of drug-likeness (QED) is 0.627. The Morgan fingerprint density at radius 1 is 1.18 bits per heavy atom. The second kappa shape index (κ2) is 3.86. The Bertz CT molecular complexity index is 693. The molecule has 0 saturated heterocycles. The van der Waals surface area contributed by atoms with E-state index < -0.39 is 0 Å². The van der Waals surface area contributed by atoms with Crippen molar-refractivity contribution >= 4 is 28.5 Å². The molecule has 0 fully saturated rings. The molecule has 84 valence electrons. The van der Waals surface area contributed by atoms with Crippen molar-refractivity contribution in [3.05, 3.63) is 47.3 Å². The maximum Gasteiger partial charge on any atom is 0.160 e. The molecule has 0 atom stereocenters. The lowest BCUT2D eigenvalue weighted by molar-refractivity contribution is 0.112. The number of rotatable bonds is 2. The average molecular weight is 241 g/mol. The van der Waals surface area contributed by atoms with Crippen molar-refractivity contribution in [1.82, 2.24) is 4.57 Å². The van der Waals surface area contributed by atoms with Crippen LogP contribution >= 0.6 is 11.3 Å². The first-order valence-electron chi connectivity index (χ1n) is 5.39. The molecular formula is C14H11NOS. The van der Waals surface area contributed by atoms with Crippen LogP contribution in [0.15, 0.2) is 42.5 Å². The third-order valence-electron chi connectivity index (χ3n) is 2.95. The number of para-hydroxylation sites is 1. The van der Waals surface area contributed by atoms with Crippen LogP contribution in [0, 0.1) is 0 Å². The predicted molar refractivity (Wildman–Crippen MR) is 71.6 cm³/mol. The monoisotopic (exact) mass is 241 g/mol. The summed E-state index contributed by atoms with van der Waals surface area (Å²) in [5, 5.41) is 1.23. The number of nitrogens with zero attached hydrogens (tertiary/aromatic N) is 1. The van der Waals surface area contributed by atoms with Crippen molar-refractivity contribution in [3.63, 3.8) is 0 Å². The van der Waals surface area contributed by atoms with Gasteiger partial charge in [0.1, 0.15) is 0 Å². The van der Waals surface area contributed by atoms with Crippen molar-refractivity contribution in [1.29, 1.82) is 0 Å². The molecule has 2 aromatic heterocycles. The Labute approximate surface area is 103 Å². The zero-order valence-corrected chi connectivity index (χ0v) is 10.2. The molecule has 3 aromatic rings. The molecule has 2 heterocycles. The van der Waals surface area contributed by atoms with E-state index in [4.69, 9.17) is 0 Å². The summed E-state index contributed by atoms with van der Waals surface area (Å²) in [4.78, 5) is 12.6. The number of hydrogen-bond donors (Lipinski definition) is 0. The molecule has 1 aromatic carbocycles. The summed E-state index contributed by atoms with van der Waals surface area (Å²) in [5.41, 5.74) is 2.37. The Kier molecular flexibility index (Phi) is 2.34. The largest absolute Gasteiger partial charge is 0.343 e. The molecule has 0 spiro atoms. The van der Waals surface area contributed by atoms with Crippen molar-refractivity contribution in [2.75, 3.05) is 0 Å². The topological polar surface area (TPSA) is 22.0 Å². The highest BCUT2D eigenvalue weighted by Crippen LogP contribution is 2.31.